The normalized spacial score (nSPS) is 38.5. The lowest BCUT2D eigenvalue weighted by atomic mass is 9.48. The largest absolute Gasteiger partial charge is 0.457 e. The highest BCUT2D eigenvalue weighted by Crippen LogP contribution is 2.61. The van der Waals surface area contributed by atoms with Crippen molar-refractivity contribution in [3.8, 4) is 0 Å². The second-order valence-corrected chi connectivity index (χ2v) is 8.30. The van der Waals surface area contributed by atoms with Crippen molar-refractivity contribution in [3.63, 3.8) is 0 Å². The van der Waals surface area contributed by atoms with Crippen LogP contribution in [0.1, 0.15) is 55.8 Å². The monoisotopic (exact) mass is 351 g/mol. The summed E-state index contributed by atoms with van der Waals surface area (Å²) in [6.45, 7) is 2.21. The Hall–Kier alpha value is -0.770. The Labute approximate surface area is 134 Å². The van der Waals surface area contributed by atoms with E-state index in [1.807, 2.05) is 0 Å². The molecule has 1 amide bonds. The molecule has 1 atom stereocenters. The number of furan rings is 1. The molecule has 1 aromatic heterocycles. The van der Waals surface area contributed by atoms with Crippen LogP contribution in [0.2, 0.25) is 0 Å². The molecule has 4 heteroatoms. The maximum absolute atomic E-state index is 12.4. The fourth-order valence-corrected chi connectivity index (χ4v) is 6.01. The lowest BCUT2D eigenvalue weighted by Gasteiger charge is -2.59. The lowest BCUT2D eigenvalue weighted by molar-refractivity contribution is -0.0688. The quantitative estimate of drug-likeness (QED) is 0.877. The van der Waals surface area contributed by atoms with Gasteiger partial charge in [-0.15, -0.1) is 0 Å². The van der Waals surface area contributed by atoms with Gasteiger partial charge in [-0.2, -0.15) is 0 Å². The standard InChI is InChI=1S/C17H22BrNO2/c1-10(19-16(20)14-2-3-21-15(14)18)17-7-11-4-12(8-17)6-13(5-11)9-17/h2-3,10-13H,4-9H2,1H3,(H,19,20). The first-order chi connectivity index (χ1) is 10.1. The summed E-state index contributed by atoms with van der Waals surface area (Å²) < 4.78 is 5.70. The van der Waals surface area contributed by atoms with Crippen molar-refractivity contribution in [2.45, 2.75) is 51.5 Å². The summed E-state index contributed by atoms with van der Waals surface area (Å²) in [5, 5.41) is 3.25. The summed E-state index contributed by atoms with van der Waals surface area (Å²) in [5.74, 6) is 2.72. The first kappa shape index (κ1) is 13.9. The van der Waals surface area contributed by atoms with E-state index in [9.17, 15) is 4.79 Å². The number of hydrogen-bond acceptors (Lipinski definition) is 2. The number of carbonyl (C=O) groups excluding carboxylic acids is 1. The molecule has 0 radical (unpaired) electrons. The van der Waals surface area contributed by atoms with Gasteiger partial charge in [0, 0.05) is 6.04 Å². The van der Waals surface area contributed by atoms with Crippen molar-refractivity contribution in [1.82, 2.24) is 5.32 Å². The Kier molecular flexibility index (Phi) is 3.21. The molecule has 4 aliphatic rings. The Bertz CT molecular complexity index is 530. The summed E-state index contributed by atoms with van der Waals surface area (Å²) in [4.78, 5) is 12.4. The number of nitrogens with one attached hydrogen (secondary N) is 1. The van der Waals surface area contributed by atoms with E-state index in [1.165, 1.54) is 38.5 Å². The zero-order chi connectivity index (χ0) is 14.6. The van der Waals surface area contributed by atoms with Crippen LogP contribution in [0.15, 0.2) is 21.4 Å². The number of amides is 1. The topological polar surface area (TPSA) is 42.2 Å². The van der Waals surface area contributed by atoms with E-state index in [-0.39, 0.29) is 11.9 Å². The van der Waals surface area contributed by atoms with E-state index in [0.29, 0.717) is 15.6 Å². The van der Waals surface area contributed by atoms with Gasteiger partial charge in [-0.05, 0) is 90.6 Å². The van der Waals surface area contributed by atoms with Gasteiger partial charge < -0.3 is 9.73 Å². The summed E-state index contributed by atoms with van der Waals surface area (Å²) in [6.07, 6.45) is 9.80. The Morgan fingerprint density at radius 1 is 1.29 bits per heavy atom. The molecule has 21 heavy (non-hydrogen) atoms. The van der Waals surface area contributed by atoms with Gasteiger partial charge in [0.2, 0.25) is 0 Å². The van der Waals surface area contributed by atoms with E-state index in [4.69, 9.17) is 4.42 Å². The molecule has 0 aliphatic heterocycles. The van der Waals surface area contributed by atoms with Crippen LogP contribution in [0.5, 0.6) is 0 Å². The van der Waals surface area contributed by atoms with Crippen molar-refractivity contribution in [3.05, 3.63) is 22.6 Å². The molecule has 4 aliphatic carbocycles. The van der Waals surface area contributed by atoms with Crippen molar-refractivity contribution in [2.24, 2.45) is 23.2 Å². The van der Waals surface area contributed by atoms with E-state index in [2.05, 4.69) is 28.2 Å². The Morgan fingerprint density at radius 3 is 2.33 bits per heavy atom. The average molecular weight is 352 g/mol. The van der Waals surface area contributed by atoms with Crippen LogP contribution in [0.4, 0.5) is 0 Å². The van der Waals surface area contributed by atoms with Gasteiger partial charge in [-0.3, -0.25) is 4.79 Å². The zero-order valence-electron chi connectivity index (χ0n) is 12.4. The average Bonchev–Trinajstić information content (AvgIpc) is 2.83. The maximum atomic E-state index is 12.4. The minimum absolute atomic E-state index is 0.0149. The van der Waals surface area contributed by atoms with Gasteiger partial charge in [-0.25, -0.2) is 0 Å². The first-order valence-corrected chi connectivity index (χ1v) is 8.89. The molecule has 1 unspecified atom stereocenters. The zero-order valence-corrected chi connectivity index (χ0v) is 14.0. The first-order valence-electron chi connectivity index (χ1n) is 8.09. The minimum atomic E-state index is -0.0149. The van der Waals surface area contributed by atoms with E-state index >= 15 is 0 Å². The van der Waals surface area contributed by atoms with Crippen LogP contribution in [0, 0.1) is 23.2 Å². The van der Waals surface area contributed by atoms with E-state index in [1.54, 1.807) is 12.3 Å². The highest BCUT2D eigenvalue weighted by molar-refractivity contribution is 9.10. The molecule has 1 heterocycles. The van der Waals surface area contributed by atoms with Gasteiger partial charge >= 0.3 is 0 Å². The van der Waals surface area contributed by atoms with Crippen LogP contribution in [0.3, 0.4) is 0 Å². The van der Waals surface area contributed by atoms with Crippen LogP contribution in [-0.2, 0) is 0 Å². The van der Waals surface area contributed by atoms with Gasteiger partial charge in [0.05, 0.1) is 11.8 Å². The molecule has 114 valence electrons. The molecule has 4 saturated carbocycles. The Balaban J connectivity index is 1.51. The third-order valence-electron chi connectivity index (χ3n) is 6.21. The summed E-state index contributed by atoms with van der Waals surface area (Å²) in [6, 6.07) is 1.98. The number of hydrogen-bond donors (Lipinski definition) is 1. The molecule has 3 nitrogen and oxygen atoms in total. The molecular weight excluding hydrogens is 330 g/mol. The smallest absolute Gasteiger partial charge is 0.255 e. The third-order valence-corrected chi connectivity index (χ3v) is 6.83. The molecule has 0 saturated heterocycles. The van der Waals surface area contributed by atoms with Gasteiger partial charge in [0.15, 0.2) is 4.67 Å². The molecule has 4 bridgehead atoms. The predicted molar refractivity (Wildman–Crippen MR) is 83.9 cm³/mol. The van der Waals surface area contributed by atoms with E-state index in [0.717, 1.165) is 17.8 Å². The van der Waals surface area contributed by atoms with Gasteiger partial charge in [0.25, 0.3) is 5.91 Å². The van der Waals surface area contributed by atoms with Crippen LogP contribution in [-0.4, -0.2) is 11.9 Å². The maximum Gasteiger partial charge on any atom is 0.255 e. The van der Waals surface area contributed by atoms with Crippen molar-refractivity contribution >= 4 is 21.8 Å². The number of halogens is 1. The lowest BCUT2D eigenvalue weighted by Crippen LogP contribution is -2.55. The molecule has 1 N–H and O–H groups in total. The highest BCUT2D eigenvalue weighted by Gasteiger charge is 2.53. The second-order valence-electron chi connectivity index (χ2n) is 7.58. The Morgan fingerprint density at radius 2 is 1.86 bits per heavy atom. The van der Waals surface area contributed by atoms with Crippen molar-refractivity contribution in [2.75, 3.05) is 0 Å². The van der Waals surface area contributed by atoms with Crippen molar-refractivity contribution < 1.29 is 9.21 Å². The molecule has 0 aromatic carbocycles. The molecule has 0 spiro atoms. The summed E-state index contributed by atoms with van der Waals surface area (Å²) in [5.41, 5.74) is 0.951. The summed E-state index contributed by atoms with van der Waals surface area (Å²) in [7, 11) is 0. The molecular formula is C17H22BrNO2. The van der Waals surface area contributed by atoms with Crippen LogP contribution in [0.25, 0.3) is 0 Å². The van der Waals surface area contributed by atoms with Crippen molar-refractivity contribution in [1.29, 1.82) is 0 Å². The molecule has 4 fully saturated rings. The summed E-state index contributed by atoms with van der Waals surface area (Å²) >= 11 is 3.29. The predicted octanol–water partition coefficient (Wildman–Crippen LogP) is 4.38. The number of carbonyl (C=O) groups is 1. The third kappa shape index (κ3) is 2.26. The number of rotatable bonds is 3. The van der Waals surface area contributed by atoms with Gasteiger partial charge in [0.1, 0.15) is 0 Å². The fourth-order valence-electron chi connectivity index (χ4n) is 5.59. The molecule has 5 rings (SSSR count). The van der Waals surface area contributed by atoms with E-state index < -0.39 is 0 Å². The fraction of sp³-hybridized carbons (Fsp3) is 0.706. The van der Waals surface area contributed by atoms with Crippen LogP contribution >= 0.6 is 15.9 Å². The van der Waals surface area contributed by atoms with Gasteiger partial charge in [-0.1, -0.05) is 0 Å². The second kappa shape index (κ2) is 4.87. The SMILES string of the molecule is CC(NC(=O)c1ccoc1Br)C12CC3CC(CC(C3)C1)C2. The van der Waals surface area contributed by atoms with Crippen LogP contribution < -0.4 is 5.32 Å². The highest BCUT2D eigenvalue weighted by atomic mass is 79.9. The minimum Gasteiger partial charge on any atom is -0.457 e. The molecule has 1 aromatic rings.